The van der Waals surface area contributed by atoms with E-state index >= 15 is 0 Å². The van der Waals surface area contributed by atoms with Gasteiger partial charge in [0.2, 0.25) is 5.91 Å². The number of amides is 1. The molecule has 0 aliphatic carbocycles. The Labute approximate surface area is 112 Å². The first-order chi connectivity index (χ1) is 8.32. The molecule has 2 atom stereocenters. The Hall–Kier alpha value is -1.43. The maximum atomic E-state index is 13.2. The fraction of sp³-hybridized carbons (Fsp3) is 0.333. The number of carbonyl (C=O) groups is 2. The van der Waals surface area contributed by atoms with Crippen LogP contribution in [0.2, 0.25) is 0 Å². The molecule has 0 bridgehead atoms. The second-order valence-electron chi connectivity index (χ2n) is 4.03. The van der Waals surface area contributed by atoms with Crippen LogP contribution in [0.15, 0.2) is 22.7 Å². The first-order valence-electron chi connectivity index (χ1n) is 5.31. The number of halogens is 2. The van der Waals surface area contributed by atoms with Crippen LogP contribution in [0.5, 0.6) is 0 Å². The van der Waals surface area contributed by atoms with Crippen LogP contribution in [0.1, 0.15) is 13.8 Å². The summed E-state index contributed by atoms with van der Waals surface area (Å²) in [5.74, 6) is -3.49. The second kappa shape index (κ2) is 5.95. The van der Waals surface area contributed by atoms with Gasteiger partial charge in [0, 0.05) is 11.6 Å². The monoisotopic (exact) mass is 317 g/mol. The fourth-order valence-corrected chi connectivity index (χ4v) is 1.52. The van der Waals surface area contributed by atoms with Gasteiger partial charge in [-0.3, -0.25) is 9.59 Å². The zero-order valence-electron chi connectivity index (χ0n) is 9.91. The lowest BCUT2D eigenvalue weighted by molar-refractivity contribution is -0.145. The molecule has 0 aromatic heterocycles. The quantitative estimate of drug-likeness (QED) is 0.897. The zero-order valence-corrected chi connectivity index (χ0v) is 11.5. The number of rotatable bonds is 4. The number of anilines is 1. The smallest absolute Gasteiger partial charge is 0.307 e. The van der Waals surface area contributed by atoms with Crippen molar-refractivity contribution in [3.05, 3.63) is 28.5 Å². The number of carbonyl (C=O) groups excluding carboxylic acids is 1. The van der Waals surface area contributed by atoms with Crippen molar-refractivity contribution in [1.29, 1.82) is 0 Å². The van der Waals surface area contributed by atoms with Crippen molar-refractivity contribution < 1.29 is 19.1 Å². The lowest BCUT2D eigenvalue weighted by Gasteiger charge is -2.15. The van der Waals surface area contributed by atoms with Crippen LogP contribution >= 0.6 is 15.9 Å². The number of carboxylic acid groups (broad SMARTS) is 1. The molecule has 1 rings (SSSR count). The minimum absolute atomic E-state index is 0.296. The van der Waals surface area contributed by atoms with Crippen molar-refractivity contribution in [1.82, 2.24) is 0 Å². The summed E-state index contributed by atoms with van der Waals surface area (Å²) in [6.07, 6.45) is 0. The van der Waals surface area contributed by atoms with Gasteiger partial charge in [-0.1, -0.05) is 13.8 Å². The van der Waals surface area contributed by atoms with E-state index in [1.165, 1.54) is 32.0 Å². The van der Waals surface area contributed by atoms with Crippen LogP contribution in [-0.2, 0) is 9.59 Å². The number of hydrogen-bond acceptors (Lipinski definition) is 2. The Balaban J connectivity index is 2.75. The van der Waals surface area contributed by atoms with E-state index < -0.39 is 29.5 Å². The Bertz CT molecular complexity index is 478. The average molecular weight is 318 g/mol. The summed E-state index contributed by atoms with van der Waals surface area (Å²) in [5, 5.41) is 11.3. The molecule has 0 radical (unpaired) electrons. The molecule has 2 N–H and O–H groups in total. The van der Waals surface area contributed by atoms with Gasteiger partial charge in [-0.25, -0.2) is 4.39 Å². The highest BCUT2D eigenvalue weighted by Crippen LogP contribution is 2.20. The Morgan fingerprint density at radius 2 is 1.94 bits per heavy atom. The summed E-state index contributed by atoms with van der Waals surface area (Å²) < 4.78 is 13.5. The van der Waals surface area contributed by atoms with Gasteiger partial charge in [-0.2, -0.15) is 0 Å². The summed E-state index contributed by atoms with van der Waals surface area (Å²) in [6.45, 7) is 2.97. The fourth-order valence-electron chi connectivity index (χ4n) is 1.27. The van der Waals surface area contributed by atoms with Gasteiger partial charge >= 0.3 is 5.97 Å². The maximum Gasteiger partial charge on any atom is 0.307 e. The molecule has 1 amide bonds. The standard InChI is InChI=1S/C12H13BrFNO3/c1-6(7(2)12(17)18)11(16)15-8-3-4-9(13)10(14)5-8/h3-7H,1-2H3,(H,15,16)(H,17,18). The number of aliphatic carboxylic acids is 1. The van der Waals surface area contributed by atoms with Gasteiger partial charge in [0.05, 0.1) is 10.4 Å². The lowest BCUT2D eigenvalue weighted by Crippen LogP contribution is -2.29. The predicted octanol–water partition coefficient (Wildman–Crippen LogP) is 2.88. The van der Waals surface area contributed by atoms with Crippen molar-refractivity contribution in [2.45, 2.75) is 13.8 Å². The van der Waals surface area contributed by atoms with Gasteiger partial charge in [-0.05, 0) is 34.1 Å². The van der Waals surface area contributed by atoms with E-state index in [0.29, 0.717) is 10.2 Å². The molecule has 0 heterocycles. The topological polar surface area (TPSA) is 66.4 Å². The van der Waals surface area contributed by atoms with Gasteiger partial charge < -0.3 is 10.4 Å². The molecule has 0 saturated heterocycles. The SMILES string of the molecule is CC(C(=O)O)C(C)C(=O)Nc1ccc(Br)c(F)c1. The Kier molecular flexibility index (Phi) is 4.84. The average Bonchev–Trinajstić information content (AvgIpc) is 2.31. The van der Waals surface area contributed by atoms with Gasteiger partial charge in [0.15, 0.2) is 0 Å². The van der Waals surface area contributed by atoms with Crippen molar-refractivity contribution in [3.8, 4) is 0 Å². The van der Waals surface area contributed by atoms with Crippen LogP contribution in [0.4, 0.5) is 10.1 Å². The van der Waals surface area contributed by atoms with Crippen molar-refractivity contribution in [3.63, 3.8) is 0 Å². The maximum absolute atomic E-state index is 13.2. The normalized spacial score (nSPS) is 13.8. The molecule has 1 aromatic rings. The van der Waals surface area contributed by atoms with E-state index in [9.17, 15) is 14.0 Å². The van der Waals surface area contributed by atoms with E-state index in [2.05, 4.69) is 21.2 Å². The highest BCUT2D eigenvalue weighted by Gasteiger charge is 2.25. The minimum Gasteiger partial charge on any atom is -0.481 e. The number of hydrogen-bond donors (Lipinski definition) is 2. The lowest BCUT2D eigenvalue weighted by atomic mass is 9.95. The van der Waals surface area contributed by atoms with Crippen LogP contribution in [0.3, 0.4) is 0 Å². The molecular formula is C12H13BrFNO3. The molecule has 4 nitrogen and oxygen atoms in total. The Morgan fingerprint density at radius 3 is 2.44 bits per heavy atom. The summed E-state index contributed by atoms with van der Waals surface area (Å²) in [5.41, 5.74) is 0.296. The van der Waals surface area contributed by atoms with Gasteiger partial charge in [-0.15, -0.1) is 0 Å². The molecule has 18 heavy (non-hydrogen) atoms. The molecule has 98 valence electrons. The van der Waals surface area contributed by atoms with Crippen molar-refractivity contribution in [2.24, 2.45) is 11.8 Å². The predicted molar refractivity (Wildman–Crippen MR) is 68.7 cm³/mol. The third-order valence-electron chi connectivity index (χ3n) is 2.74. The third-order valence-corrected chi connectivity index (χ3v) is 3.38. The second-order valence-corrected chi connectivity index (χ2v) is 4.89. The minimum atomic E-state index is -1.04. The first kappa shape index (κ1) is 14.6. The van der Waals surface area contributed by atoms with E-state index in [4.69, 9.17) is 5.11 Å². The highest BCUT2D eigenvalue weighted by molar-refractivity contribution is 9.10. The Morgan fingerprint density at radius 1 is 1.33 bits per heavy atom. The zero-order chi connectivity index (χ0) is 13.9. The third kappa shape index (κ3) is 3.53. The molecular weight excluding hydrogens is 305 g/mol. The van der Waals surface area contributed by atoms with Crippen LogP contribution in [0.25, 0.3) is 0 Å². The van der Waals surface area contributed by atoms with Crippen LogP contribution < -0.4 is 5.32 Å². The van der Waals surface area contributed by atoms with Gasteiger partial charge in [0.25, 0.3) is 0 Å². The summed E-state index contributed by atoms with van der Waals surface area (Å²) in [4.78, 5) is 22.5. The number of carboxylic acids is 1. The molecule has 0 fully saturated rings. The van der Waals surface area contributed by atoms with Crippen LogP contribution in [-0.4, -0.2) is 17.0 Å². The van der Waals surface area contributed by atoms with E-state index in [1.54, 1.807) is 0 Å². The largest absolute Gasteiger partial charge is 0.481 e. The first-order valence-corrected chi connectivity index (χ1v) is 6.11. The molecule has 6 heteroatoms. The van der Waals surface area contributed by atoms with E-state index in [1.807, 2.05) is 0 Å². The molecule has 0 aliphatic heterocycles. The molecule has 2 unspecified atom stereocenters. The van der Waals surface area contributed by atoms with E-state index in [-0.39, 0.29) is 0 Å². The van der Waals surface area contributed by atoms with E-state index in [0.717, 1.165) is 0 Å². The summed E-state index contributed by atoms with van der Waals surface area (Å²) >= 11 is 3.00. The summed E-state index contributed by atoms with van der Waals surface area (Å²) in [6, 6.07) is 4.17. The van der Waals surface area contributed by atoms with Crippen molar-refractivity contribution >= 4 is 33.5 Å². The molecule has 0 aliphatic rings. The van der Waals surface area contributed by atoms with Crippen LogP contribution in [0, 0.1) is 17.7 Å². The number of benzene rings is 1. The van der Waals surface area contributed by atoms with Gasteiger partial charge in [0.1, 0.15) is 5.82 Å². The summed E-state index contributed by atoms with van der Waals surface area (Å²) in [7, 11) is 0. The highest BCUT2D eigenvalue weighted by atomic mass is 79.9. The molecule has 0 spiro atoms. The molecule has 0 saturated carbocycles. The molecule has 1 aromatic carbocycles. The number of nitrogens with one attached hydrogen (secondary N) is 1. The van der Waals surface area contributed by atoms with Crippen molar-refractivity contribution in [2.75, 3.05) is 5.32 Å².